The van der Waals surface area contributed by atoms with Crippen LogP contribution in [-0.2, 0) is 14.3 Å². The van der Waals surface area contributed by atoms with Gasteiger partial charge in [0.05, 0.1) is 6.42 Å². The Morgan fingerprint density at radius 2 is 1.43 bits per heavy atom. The Morgan fingerprint density at radius 3 is 2.00 bits per heavy atom. The number of carbonyl (C=O) groups excluding carboxylic acids is 2. The quantitative estimate of drug-likeness (QED) is 0.619. The van der Waals surface area contributed by atoms with Crippen molar-refractivity contribution in [3.8, 4) is 11.1 Å². The summed E-state index contributed by atoms with van der Waals surface area (Å²) in [5.74, 6) is -1.33. The predicted molar refractivity (Wildman–Crippen MR) is 112 cm³/mol. The summed E-state index contributed by atoms with van der Waals surface area (Å²) in [4.78, 5) is 34.9. The van der Waals surface area contributed by atoms with Gasteiger partial charge in [0.1, 0.15) is 6.61 Å². The van der Waals surface area contributed by atoms with Gasteiger partial charge in [-0.3, -0.25) is 9.59 Å². The molecular formula is C23H26N2O5. The van der Waals surface area contributed by atoms with Crippen LogP contribution < -0.4 is 10.6 Å². The van der Waals surface area contributed by atoms with Gasteiger partial charge in [-0.15, -0.1) is 0 Å². The normalized spacial score (nSPS) is 14.2. The van der Waals surface area contributed by atoms with Crippen LogP contribution in [0.15, 0.2) is 48.5 Å². The number of alkyl carbamates (subject to hydrolysis) is 1. The van der Waals surface area contributed by atoms with Crippen LogP contribution in [0.4, 0.5) is 4.79 Å². The molecule has 0 radical (unpaired) electrons. The fraction of sp³-hybridized carbons (Fsp3) is 0.348. The average molecular weight is 410 g/mol. The molecule has 3 N–H and O–H groups in total. The largest absolute Gasteiger partial charge is 0.481 e. The van der Waals surface area contributed by atoms with Gasteiger partial charge in [-0.1, -0.05) is 48.5 Å². The molecule has 0 bridgehead atoms. The van der Waals surface area contributed by atoms with Crippen molar-refractivity contribution in [2.75, 3.05) is 6.61 Å². The number of hydrogen-bond acceptors (Lipinski definition) is 4. The number of carboxylic acid groups (broad SMARTS) is 1. The first kappa shape index (κ1) is 21.4. The Bertz CT molecular complexity index is 897. The Morgan fingerprint density at radius 1 is 0.900 bits per heavy atom. The number of fused-ring (bicyclic) bond motifs is 3. The zero-order valence-corrected chi connectivity index (χ0v) is 17.1. The lowest BCUT2D eigenvalue weighted by Crippen LogP contribution is -2.40. The van der Waals surface area contributed by atoms with E-state index in [9.17, 15) is 14.4 Å². The maximum Gasteiger partial charge on any atom is 0.407 e. The number of hydrogen-bond donors (Lipinski definition) is 3. The zero-order valence-electron chi connectivity index (χ0n) is 17.1. The highest BCUT2D eigenvalue weighted by Gasteiger charge is 2.29. The van der Waals surface area contributed by atoms with Crippen molar-refractivity contribution in [1.82, 2.24) is 10.6 Å². The van der Waals surface area contributed by atoms with E-state index in [1.807, 2.05) is 36.4 Å². The first-order chi connectivity index (χ1) is 14.3. The minimum atomic E-state index is -0.979. The molecule has 3 rings (SSSR count). The van der Waals surface area contributed by atoms with E-state index < -0.39 is 24.1 Å². The fourth-order valence-corrected chi connectivity index (χ4v) is 3.82. The second-order valence-electron chi connectivity index (χ2n) is 7.64. The molecule has 7 nitrogen and oxygen atoms in total. The van der Waals surface area contributed by atoms with Crippen molar-refractivity contribution < 1.29 is 24.2 Å². The second-order valence-corrected chi connectivity index (χ2v) is 7.64. The molecular weight excluding hydrogens is 384 g/mol. The van der Waals surface area contributed by atoms with Gasteiger partial charge < -0.3 is 20.5 Å². The number of benzene rings is 2. The van der Waals surface area contributed by atoms with Crippen molar-refractivity contribution >= 4 is 18.0 Å². The number of carboxylic acids is 1. The molecule has 1 aliphatic rings. The number of carbonyl (C=O) groups is 3. The molecule has 0 saturated heterocycles. The molecule has 1 aliphatic carbocycles. The monoisotopic (exact) mass is 410 g/mol. The first-order valence-corrected chi connectivity index (χ1v) is 9.97. The molecule has 0 heterocycles. The molecule has 0 saturated carbocycles. The van der Waals surface area contributed by atoms with E-state index in [1.165, 1.54) is 0 Å². The molecule has 1 unspecified atom stereocenters. The zero-order chi connectivity index (χ0) is 21.7. The van der Waals surface area contributed by atoms with Gasteiger partial charge in [0.25, 0.3) is 0 Å². The molecule has 158 valence electrons. The van der Waals surface area contributed by atoms with E-state index in [0.29, 0.717) is 0 Å². The maximum absolute atomic E-state index is 12.2. The summed E-state index contributed by atoms with van der Waals surface area (Å²) in [6.45, 7) is 3.52. The molecule has 0 aliphatic heterocycles. The Labute approximate surface area is 175 Å². The summed E-state index contributed by atoms with van der Waals surface area (Å²) in [7, 11) is 0. The van der Waals surface area contributed by atoms with E-state index >= 15 is 0 Å². The van der Waals surface area contributed by atoms with Crippen LogP contribution in [0.3, 0.4) is 0 Å². The van der Waals surface area contributed by atoms with E-state index in [-0.39, 0.29) is 31.3 Å². The highest BCUT2D eigenvalue weighted by Crippen LogP contribution is 2.44. The second kappa shape index (κ2) is 9.43. The van der Waals surface area contributed by atoms with Gasteiger partial charge in [0.2, 0.25) is 5.91 Å². The van der Waals surface area contributed by atoms with E-state index in [2.05, 4.69) is 22.8 Å². The van der Waals surface area contributed by atoms with Crippen LogP contribution in [0.5, 0.6) is 0 Å². The van der Waals surface area contributed by atoms with Gasteiger partial charge in [0.15, 0.2) is 0 Å². The smallest absolute Gasteiger partial charge is 0.407 e. The standard InChI is InChI=1S/C23H26N2O5/c1-14(11-21(26)24-15(2)12-22(27)28)25-23(29)30-13-20-18-9-5-3-7-16(18)17-8-4-6-10-19(17)20/h3-10,14-15,20H,11-13H2,1-2H3,(H,24,26)(H,25,29)(H,27,28)/t14-,15?/m0/s1. The van der Waals surface area contributed by atoms with Crippen molar-refractivity contribution in [2.45, 2.75) is 44.7 Å². The van der Waals surface area contributed by atoms with Crippen molar-refractivity contribution in [3.63, 3.8) is 0 Å². The third-order valence-corrected chi connectivity index (χ3v) is 5.09. The van der Waals surface area contributed by atoms with Gasteiger partial charge in [-0.25, -0.2) is 4.79 Å². The van der Waals surface area contributed by atoms with Crippen molar-refractivity contribution in [1.29, 1.82) is 0 Å². The molecule has 7 heteroatoms. The average Bonchev–Trinajstić information content (AvgIpc) is 2.99. The predicted octanol–water partition coefficient (Wildman–Crippen LogP) is 3.28. The van der Waals surface area contributed by atoms with Gasteiger partial charge in [-0.05, 0) is 36.1 Å². The maximum atomic E-state index is 12.2. The summed E-state index contributed by atoms with van der Waals surface area (Å²) in [5, 5.41) is 14.0. The molecule has 0 aromatic heterocycles. The summed E-state index contributed by atoms with van der Waals surface area (Å²) < 4.78 is 5.47. The first-order valence-electron chi connectivity index (χ1n) is 9.97. The molecule has 2 aromatic carbocycles. The molecule has 30 heavy (non-hydrogen) atoms. The van der Waals surface area contributed by atoms with Crippen LogP contribution >= 0.6 is 0 Å². The molecule has 2 amide bonds. The van der Waals surface area contributed by atoms with Gasteiger partial charge in [0, 0.05) is 24.4 Å². The highest BCUT2D eigenvalue weighted by atomic mass is 16.5. The number of aliphatic carboxylic acids is 1. The summed E-state index contributed by atoms with van der Waals surface area (Å²) in [6.07, 6.45) is -0.704. The van der Waals surface area contributed by atoms with Crippen LogP contribution in [0, 0.1) is 0 Å². The number of amides is 2. The summed E-state index contributed by atoms with van der Waals surface area (Å²) in [6, 6.07) is 15.3. The molecule has 0 spiro atoms. The fourth-order valence-electron chi connectivity index (χ4n) is 3.82. The van der Waals surface area contributed by atoms with Crippen molar-refractivity contribution in [3.05, 3.63) is 59.7 Å². The van der Waals surface area contributed by atoms with E-state index in [0.717, 1.165) is 22.3 Å². The van der Waals surface area contributed by atoms with E-state index in [4.69, 9.17) is 9.84 Å². The molecule has 0 fully saturated rings. The Balaban J connectivity index is 1.51. The summed E-state index contributed by atoms with van der Waals surface area (Å²) >= 11 is 0. The lowest BCUT2D eigenvalue weighted by atomic mass is 9.98. The topological polar surface area (TPSA) is 105 Å². The lowest BCUT2D eigenvalue weighted by Gasteiger charge is -2.18. The van der Waals surface area contributed by atoms with E-state index in [1.54, 1.807) is 13.8 Å². The molecule has 2 atom stereocenters. The SMILES string of the molecule is CC(CC(=O)O)NC(=O)C[C@H](C)NC(=O)OCC1c2ccccc2-c2ccccc21. The minimum absolute atomic E-state index is 0.0291. The summed E-state index contributed by atoms with van der Waals surface area (Å²) in [5.41, 5.74) is 4.57. The minimum Gasteiger partial charge on any atom is -0.481 e. The third-order valence-electron chi connectivity index (χ3n) is 5.09. The molecule has 2 aromatic rings. The lowest BCUT2D eigenvalue weighted by molar-refractivity contribution is -0.137. The van der Waals surface area contributed by atoms with Gasteiger partial charge >= 0.3 is 12.1 Å². The number of ether oxygens (including phenoxy) is 1. The third kappa shape index (κ3) is 5.17. The number of nitrogens with one attached hydrogen (secondary N) is 2. The van der Waals surface area contributed by atoms with Crippen LogP contribution in [0.25, 0.3) is 11.1 Å². The highest BCUT2D eigenvalue weighted by molar-refractivity contribution is 5.80. The van der Waals surface area contributed by atoms with Crippen LogP contribution in [0.1, 0.15) is 43.7 Å². The number of rotatable bonds is 8. The van der Waals surface area contributed by atoms with Gasteiger partial charge in [-0.2, -0.15) is 0 Å². The van der Waals surface area contributed by atoms with Crippen LogP contribution in [-0.4, -0.2) is 41.8 Å². The Kier molecular flexibility index (Phi) is 6.72. The Hall–Kier alpha value is -3.35. The van der Waals surface area contributed by atoms with Crippen molar-refractivity contribution in [2.24, 2.45) is 0 Å². The van der Waals surface area contributed by atoms with Crippen LogP contribution in [0.2, 0.25) is 0 Å².